The largest absolute Gasteiger partial charge is 0.328 e. The van der Waals surface area contributed by atoms with Crippen molar-refractivity contribution < 1.29 is 0 Å². The van der Waals surface area contributed by atoms with Gasteiger partial charge < -0.3 is 4.90 Å². The molecular weight excluding hydrogens is 364 g/mol. The summed E-state index contributed by atoms with van der Waals surface area (Å²) in [6, 6.07) is 10.8. The second-order valence-corrected chi connectivity index (χ2v) is 9.96. The summed E-state index contributed by atoms with van der Waals surface area (Å²) in [6.07, 6.45) is 22.4. The Kier molecular flexibility index (Phi) is 12.2. The molecule has 30 heavy (non-hydrogen) atoms. The van der Waals surface area contributed by atoms with Gasteiger partial charge in [-0.1, -0.05) is 115 Å². The number of benzene rings is 1. The Bertz CT molecular complexity index is 576. The SMILES string of the molecule is CCCCCCCCCCCCCCCCCC1=NC(C)(C)CN1c1ccccc1. The number of nitrogens with zero attached hydrogens (tertiary/aromatic N) is 2. The van der Waals surface area contributed by atoms with E-state index < -0.39 is 0 Å². The van der Waals surface area contributed by atoms with E-state index in [-0.39, 0.29) is 5.54 Å². The minimum Gasteiger partial charge on any atom is -0.328 e. The Morgan fingerprint density at radius 1 is 0.700 bits per heavy atom. The molecule has 0 unspecified atom stereocenters. The van der Waals surface area contributed by atoms with Crippen LogP contribution in [-0.4, -0.2) is 17.9 Å². The fourth-order valence-electron chi connectivity index (χ4n) is 4.62. The first-order valence-electron chi connectivity index (χ1n) is 13.0. The molecule has 2 nitrogen and oxygen atoms in total. The maximum atomic E-state index is 5.02. The molecule has 1 aromatic rings. The third-order valence-corrected chi connectivity index (χ3v) is 6.36. The second kappa shape index (κ2) is 14.7. The van der Waals surface area contributed by atoms with Gasteiger partial charge in [-0.3, -0.25) is 4.99 Å². The lowest BCUT2D eigenvalue weighted by Crippen LogP contribution is -2.32. The number of hydrogen-bond acceptors (Lipinski definition) is 2. The summed E-state index contributed by atoms with van der Waals surface area (Å²) < 4.78 is 0. The first-order chi connectivity index (χ1) is 14.6. The first kappa shape index (κ1) is 25.0. The van der Waals surface area contributed by atoms with Crippen molar-refractivity contribution in [1.29, 1.82) is 0 Å². The van der Waals surface area contributed by atoms with Crippen molar-refractivity contribution >= 4 is 11.5 Å². The highest BCUT2D eigenvalue weighted by molar-refractivity contribution is 6.00. The van der Waals surface area contributed by atoms with Crippen LogP contribution in [0.25, 0.3) is 0 Å². The molecule has 0 saturated heterocycles. The first-order valence-corrected chi connectivity index (χ1v) is 13.0. The second-order valence-electron chi connectivity index (χ2n) is 9.96. The van der Waals surface area contributed by atoms with Crippen molar-refractivity contribution in [2.24, 2.45) is 4.99 Å². The van der Waals surface area contributed by atoms with Crippen LogP contribution < -0.4 is 4.90 Å². The van der Waals surface area contributed by atoms with Crippen molar-refractivity contribution in [1.82, 2.24) is 0 Å². The van der Waals surface area contributed by atoms with Gasteiger partial charge in [-0.25, -0.2) is 0 Å². The lowest BCUT2D eigenvalue weighted by Gasteiger charge is -2.23. The number of hydrogen-bond donors (Lipinski definition) is 0. The lowest BCUT2D eigenvalue weighted by molar-refractivity contribution is 0.533. The van der Waals surface area contributed by atoms with E-state index in [4.69, 9.17) is 4.99 Å². The molecule has 0 radical (unpaired) electrons. The van der Waals surface area contributed by atoms with Crippen molar-refractivity contribution in [3.8, 4) is 0 Å². The van der Waals surface area contributed by atoms with E-state index in [2.05, 4.69) is 56.0 Å². The molecule has 0 fully saturated rings. The van der Waals surface area contributed by atoms with Gasteiger partial charge in [-0.2, -0.15) is 0 Å². The molecule has 0 atom stereocenters. The van der Waals surface area contributed by atoms with Gasteiger partial charge in [0.05, 0.1) is 5.54 Å². The summed E-state index contributed by atoms with van der Waals surface area (Å²) in [5.74, 6) is 1.29. The normalized spacial score (nSPS) is 15.6. The number of amidine groups is 1. The molecule has 1 heterocycles. The zero-order valence-electron chi connectivity index (χ0n) is 20.3. The Morgan fingerprint density at radius 2 is 1.17 bits per heavy atom. The summed E-state index contributed by atoms with van der Waals surface area (Å²) in [5, 5.41) is 0. The maximum Gasteiger partial charge on any atom is 0.104 e. The molecule has 0 saturated carbocycles. The Hall–Kier alpha value is -1.31. The number of anilines is 1. The predicted molar refractivity (Wildman–Crippen MR) is 135 cm³/mol. The van der Waals surface area contributed by atoms with Crippen LogP contribution in [0.1, 0.15) is 124 Å². The average molecular weight is 413 g/mol. The van der Waals surface area contributed by atoms with Gasteiger partial charge in [0, 0.05) is 18.7 Å². The molecule has 1 aromatic carbocycles. The third-order valence-electron chi connectivity index (χ3n) is 6.36. The van der Waals surface area contributed by atoms with E-state index in [9.17, 15) is 0 Å². The van der Waals surface area contributed by atoms with Gasteiger partial charge >= 0.3 is 0 Å². The molecule has 0 amide bonds. The fourth-order valence-corrected chi connectivity index (χ4v) is 4.62. The van der Waals surface area contributed by atoms with Crippen LogP contribution in [0.4, 0.5) is 5.69 Å². The van der Waals surface area contributed by atoms with Crippen LogP contribution in [-0.2, 0) is 0 Å². The van der Waals surface area contributed by atoms with E-state index in [0.717, 1.165) is 13.0 Å². The molecule has 170 valence electrons. The van der Waals surface area contributed by atoms with Crippen molar-refractivity contribution in [3.05, 3.63) is 30.3 Å². The third kappa shape index (κ3) is 10.1. The highest BCUT2D eigenvalue weighted by atomic mass is 15.3. The van der Waals surface area contributed by atoms with Crippen LogP contribution >= 0.6 is 0 Å². The Balaban J connectivity index is 1.46. The molecule has 0 N–H and O–H groups in total. The van der Waals surface area contributed by atoms with Gasteiger partial charge in [0.2, 0.25) is 0 Å². The number of rotatable bonds is 17. The average Bonchev–Trinajstić information content (AvgIpc) is 3.06. The topological polar surface area (TPSA) is 15.6 Å². The van der Waals surface area contributed by atoms with Crippen LogP contribution in [0.5, 0.6) is 0 Å². The molecule has 2 rings (SSSR count). The molecule has 0 aromatic heterocycles. The van der Waals surface area contributed by atoms with Crippen LogP contribution in [0.3, 0.4) is 0 Å². The molecule has 0 bridgehead atoms. The summed E-state index contributed by atoms with van der Waals surface area (Å²) in [6.45, 7) is 7.81. The molecule has 0 aliphatic carbocycles. The van der Waals surface area contributed by atoms with Gasteiger partial charge in [0.25, 0.3) is 0 Å². The summed E-state index contributed by atoms with van der Waals surface area (Å²) in [4.78, 5) is 7.46. The molecule has 0 spiro atoms. The Labute approximate surface area is 187 Å². The number of aliphatic imine (C=N–C) groups is 1. The Morgan fingerprint density at radius 3 is 1.67 bits per heavy atom. The zero-order chi connectivity index (χ0) is 21.5. The quantitative estimate of drug-likeness (QED) is 0.233. The minimum absolute atomic E-state index is 0.0423. The fraction of sp³-hybridized carbons (Fsp3) is 0.750. The summed E-state index contributed by atoms with van der Waals surface area (Å²) in [5.41, 5.74) is 1.34. The van der Waals surface area contributed by atoms with E-state index in [1.54, 1.807) is 0 Å². The van der Waals surface area contributed by atoms with E-state index in [0.29, 0.717) is 0 Å². The van der Waals surface area contributed by atoms with E-state index in [1.807, 2.05) is 0 Å². The zero-order valence-corrected chi connectivity index (χ0v) is 20.3. The van der Waals surface area contributed by atoms with Gasteiger partial charge in [0.1, 0.15) is 5.84 Å². The van der Waals surface area contributed by atoms with Crippen LogP contribution in [0.15, 0.2) is 35.3 Å². The number of para-hydroxylation sites is 1. The minimum atomic E-state index is 0.0423. The molecule has 1 aliphatic heterocycles. The number of unbranched alkanes of at least 4 members (excludes halogenated alkanes) is 14. The monoisotopic (exact) mass is 412 g/mol. The smallest absolute Gasteiger partial charge is 0.104 e. The van der Waals surface area contributed by atoms with Crippen molar-refractivity contribution in [2.45, 2.75) is 129 Å². The standard InChI is InChI=1S/C28H48N2/c1-4-5-6-7-8-9-10-11-12-13-14-15-16-17-21-24-27-29-28(2,3)25-30(27)26-22-19-18-20-23-26/h18-20,22-23H,4-17,21,24-25H2,1-3H3. The lowest BCUT2D eigenvalue weighted by atomic mass is 10.0. The van der Waals surface area contributed by atoms with E-state index >= 15 is 0 Å². The van der Waals surface area contributed by atoms with E-state index in [1.165, 1.54) is 108 Å². The molecule has 2 heteroatoms. The van der Waals surface area contributed by atoms with Crippen molar-refractivity contribution in [2.75, 3.05) is 11.4 Å². The van der Waals surface area contributed by atoms with Gasteiger partial charge in [-0.15, -0.1) is 0 Å². The van der Waals surface area contributed by atoms with Crippen LogP contribution in [0, 0.1) is 0 Å². The summed E-state index contributed by atoms with van der Waals surface area (Å²) in [7, 11) is 0. The van der Waals surface area contributed by atoms with Gasteiger partial charge in [0.15, 0.2) is 0 Å². The highest BCUT2D eigenvalue weighted by Gasteiger charge is 2.31. The highest BCUT2D eigenvalue weighted by Crippen LogP contribution is 2.28. The van der Waals surface area contributed by atoms with Crippen LogP contribution in [0.2, 0.25) is 0 Å². The molecule has 1 aliphatic rings. The van der Waals surface area contributed by atoms with Crippen molar-refractivity contribution in [3.63, 3.8) is 0 Å². The molecular formula is C28H48N2. The van der Waals surface area contributed by atoms with Gasteiger partial charge in [-0.05, 0) is 32.4 Å². The predicted octanol–water partition coefficient (Wildman–Crippen LogP) is 8.95. The summed E-state index contributed by atoms with van der Waals surface area (Å²) >= 11 is 0. The maximum absolute atomic E-state index is 5.02.